The number of alkyl halides is 3. The quantitative estimate of drug-likeness (QED) is 0.827. The maximum Gasteiger partial charge on any atom is 0.573 e. The molecule has 9 heteroatoms. The summed E-state index contributed by atoms with van der Waals surface area (Å²) in [5.41, 5.74) is 2.30. The number of pyridine rings is 1. The van der Waals surface area contributed by atoms with Gasteiger partial charge in [0.15, 0.2) is 0 Å². The van der Waals surface area contributed by atoms with E-state index in [1.165, 1.54) is 18.2 Å². The summed E-state index contributed by atoms with van der Waals surface area (Å²) >= 11 is 0. The van der Waals surface area contributed by atoms with Crippen LogP contribution in [0.15, 0.2) is 36.5 Å². The lowest BCUT2D eigenvalue weighted by molar-refractivity contribution is -0.274. The molecule has 2 N–H and O–H groups in total. The highest BCUT2D eigenvalue weighted by Crippen LogP contribution is 2.46. The number of urea groups is 1. The molecule has 2 amide bonds. The van der Waals surface area contributed by atoms with Gasteiger partial charge in [0.25, 0.3) is 0 Å². The van der Waals surface area contributed by atoms with Crippen LogP contribution < -0.4 is 15.4 Å². The van der Waals surface area contributed by atoms with Crippen molar-refractivity contribution in [2.75, 3.05) is 11.9 Å². The van der Waals surface area contributed by atoms with E-state index in [1.54, 1.807) is 12.3 Å². The maximum absolute atomic E-state index is 12.4. The van der Waals surface area contributed by atoms with E-state index < -0.39 is 17.9 Å². The summed E-state index contributed by atoms with van der Waals surface area (Å²) in [5.74, 6) is -0.308. The Labute approximate surface area is 159 Å². The number of anilines is 1. The first kappa shape index (κ1) is 18.5. The van der Waals surface area contributed by atoms with Crippen LogP contribution in [-0.4, -0.2) is 24.0 Å². The first-order valence-corrected chi connectivity index (χ1v) is 8.84. The number of halogens is 3. The number of nitrogens with one attached hydrogen (secondary N) is 2. The lowest BCUT2D eigenvalue weighted by Gasteiger charge is -2.20. The fourth-order valence-electron chi connectivity index (χ4n) is 3.29. The molecule has 2 heterocycles. The molecule has 1 aromatic carbocycles. The first-order chi connectivity index (χ1) is 13.3. The summed E-state index contributed by atoms with van der Waals surface area (Å²) in [6, 6.07) is 7.06. The van der Waals surface area contributed by atoms with Crippen molar-refractivity contribution in [3.8, 4) is 5.75 Å². The smallest absolute Gasteiger partial charge is 0.406 e. The monoisotopic (exact) mass is 393 g/mol. The van der Waals surface area contributed by atoms with Crippen LogP contribution in [0.3, 0.4) is 0 Å². The zero-order valence-electron chi connectivity index (χ0n) is 14.8. The van der Waals surface area contributed by atoms with Crippen molar-refractivity contribution in [2.45, 2.75) is 37.8 Å². The molecule has 28 heavy (non-hydrogen) atoms. The van der Waals surface area contributed by atoms with Crippen LogP contribution in [0.25, 0.3) is 0 Å². The fraction of sp³-hybridized carbons (Fsp3) is 0.368. The highest BCUT2D eigenvalue weighted by molar-refractivity contribution is 5.90. The zero-order valence-corrected chi connectivity index (χ0v) is 14.8. The van der Waals surface area contributed by atoms with Gasteiger partial charge in [0, 0.05) is 17.7 Å². The minimum atomic E-state index is -4.76. The van der Waals surface area contributed by atoms with E-state index >= 15 is 0 Å². The molecule has 1 aromatic heterocycles. The number of ether oxygens (including phenoxy) is 2. The highest BCUT2D eigenvalue weighted by Gasteiger charge is 2.46. The van der Waals surface area contributed by atoms with Gasteiger partial charge in [-0.2, -0.15) is 0 Å². The molecule has 2 aliphatic rings. The molecule has 0 unspecified atom stereocenters. The summed E-state index contributed by atoms with van der Waals surface area (Å²) in [7, 11) is 0. The molecular formula is C19H18F3N3O3. The molecule has 148 valence electrons. The van der Waals surface area contributed by atoms with E-state index in [-0.39, 0.29) is 5.75 Å². The number of nitrogens with zero attached hydrogens (tertiary/aromatic N) is 1. The summed E-state index contributed by atoms with van der Waals surface area (Å²) in [4.78, 5) is 16.8. The van der Waals surface area contributed by atoms with Crippen molar-refractivity contribution in [3.05, 3.63) is 53.3 Å². The Kier molecular flexibility index (Phi) is 4.62. The second-order valence-corrected chi connectivity index (χ2v) is 6.87. The van der Waals surface area contributed by atoms with E-state index in [0.717, 1.165) is 17.7 Å². The van der Waals surface area contributed by atoms with Crippen molar-refractivity contribution >= 4 is 11.7 Å². The molecule has 1 aliphatic heterocycles. The van der Waals surface area contributed by atoms with E-state index in [9.17, 15) is 18.0 Å². The Bertz CT molecular complexity index is 897. The van der Waals surface area contributed by atoms with E-state index in [1.807, 2.05) is 6.07 Å². The number of benzene rings is 1. The van der Waals surface area contributed by atoms with Crippen LogP contribution in [0, 0.1) is 0 Å². The number of carbonyl (C=O) groups excluding carboxylic acids is 1. The molecular weight excluding hydrogens is 375 g/mol. The number of fused-ring (bicyclic) bond motifs is 1. The van der Waals surface area contributed by atoms with Crippen molar-refractivity contribution < 1.29 is 27.4 Å². The topological polar surface area (TPSA) is 72.5 Å². The van der Waals surface area contributed by atoms with Gasteiger partial charge < -0.3 is 20.1 Å². The summed E-state index contributed by atoms with van der Waals surface area (Å²) in [6.07, 6.45) is -1.18. The predicted octanol–water partition coefficient (Wildman–Crippen LogP) is 3.86. The average molecular weight is 393 g/mol. The lowest BCUT2D eigenvalue weighted by Crippen LogP contribution is -2.38. The molecule has 0 saturated heterocycles. The normalized spacial score (nSPS) is 17.4. The molecule has 0 radical (unpaired) electrons. The number of amides is 2. The van der Waals surface area contributed by atoms with Gasteiger partial charge >= 0.3 is 12.4 Å². The van der Waals surface area contributed by atoms with Gasteiger partial charge in [-0.25, -0.2) is 4.79 Å². The molecule has 2 aromatic rings. The standard InChI is InChI=1S/C19H18F3N3O3/c20-19(21,22)28-15-3-1-2-13(9-15)18(5-6-18)25-17(26)24-14-8-12-11-27-7-4-16(12)23-10-14/h1-3,8-10H,4-7,11H2,(H2,24,25,26). The molecule has 0 atom stereocenters. The predicted molar refractivity (Wildman–Crippen MR) is 93.8 cm³/mol. The molecule has 6 nitrogen and oxygen atoms in total. The second kappa shape index (κ2) is 6.97. The van der Waals surface area contributed by atoms with Crippen LogP contribution in [0.2, 0.25) is 0 Å². The van der Waals surface area contributed by atoms with E-state index in [0.29, 0.717) is 37.3 Å². The SMILES string of the molecule is O=C(Nc1cnc2c(c1)COCC2)NC1(c2cccc(OC(F)(F)F)c2)CC1. The summed E-state index contributed by atoms with van der Waals surface area (Å²) in [6.45, 7) is 1.09. The summed E-state index contributed by atoms with van der Waals surface area (Å²) in [5, 5.41) is 5.59. The third kappa shape index (κ3) is 4.19. The van der Waals surface area contributed by atoms with Gasteiger partial charge in [-0.3, -0.25) is 4.98 Å². The largest absolute Gasteiger partial charge is 0.573 e. The number of carbonyl (C=O) groups is 1. The van der Waals surface area contributed by atoms with Gasteiger partial charge in [-0.05, 0) is 36.6 Å². The minimum Gasteiger partial charge on any atom is -0.406 e. The van der Waals surface area contributed by atoms with Crippen LogP contribution >= 0.6 is 0 Å². The van der Waals surface area contributed by atoms with Crippen molar-refractivity contribution in [1.82, 2.24) is 10.3 Å². The van der Waals surface area contributed by atoms with Gasteiger partial charge in [-0.15, -0.1) is 13.2 Å². The van der Waals surface area contributed by atoms with Crippen LogP contribution in [0.4, 0.5) is 23.7 Å². The van der Waals surface area contributed by atoms with Gasteiger partial charge in [0.2, 0.25) is 0 Å². The van der Waals surface area contributed by atoms with E-state index in [2.05, 4.69) is 20.4 Å². The number of hydrogen-bond acceptors (Lipinski definition) is 4. The molecule has 1 aliphatic carbocycles. The Balaban J connectivity index is 1.44. The third-order valence-electron chi connectivity index (χ3n) is 4.78. The van der Waals surface area contributed by atoms with Crippen LogP contribution in [0.1, 0.15) is 29.7 Å². The Morgan fingerprint density at radius 3 is 2.82 bits per heavy atom. The Hall–Kier alpha value is -2.81. The number of rotatable bonds is 4. The highest BCUT2D eigenvalue weighted by atomic mass is 19.4. The molecule has 1 saturated carbocycles. The molecule has 4 rings (SSSR count). The Morgan fingerprint density at radius 1 is 1.25 bits per heavy atom. The zero-order chi connectivity index (χ0) is 19.8. The maximum atomic E-state index is 12.4. The first-order valence-electron chi connectivity index (χ1n) is 8.84. The fourth-order valence-corrected chi connectivity index (χ4v) is 3.29. The van der Waals surface area contributed by atoms with Crippen molar-refractivity contribution in [3.63, 3.8) is 0 Å². The van der Waals surface area contributed by atoms with Gasteiger partial charge in [-0.1, -0.05) is 12.1 Å². The van der Waals surface area contributed by atoms with Gasteiger partial charge in [0.05, 0.1) is 30.6 Å². The average Bonchev–Trinajstić information content (AvgIpc) is 3.41. The van der Waals surface area contributed by atoms with Crippen molar-refractivity contribution in [2.24, 2.45) is 0 Å². The van der Waals surface area contributed by atoms with Crippen LogP contribution in [-0.2, 0) is 23.3 Å². The number of hydrogen-bond donors (Lipinski definition) is 2. The summed E-state index contributed by atoms with van der Waals surface area (Å²) < 4.78 is 46.7. The molecule has 1 fully saturated rings. The van der Waals surface area contributed by atoms with Gasteiger partial charge in [0.1, 0.15) is 5.75 Å². The third-order valence-corrected chi connectivity index (χ3v) is 4.78. The second-order valence-electron chi connectivity index (χ2n) is 6.87. The lowest BCUT2D eigenvalue weighted by atomic mass is 10.0. The number of aromatic nitrogens is 1. The minimum absolute atomic E-state index is 0.308. The molecule has 0 spiro atoms. The Morgan fingerprint density at radius 2 is 2.07 bits per heavy atom. The van der Waals surface area contributed by atoms with E-state index in [4.69, 9.17) is 4.74 Å². The molecule has 0 bridgehead atoms. The van der Waals surface area contributed by atoms with Crippen LogP contribution in [0.5, 0.6) is 5.75 Å². The van der Waals surface area contributed by atoms with Crippen molar-refractivity contribution in [1.29, 1.82) is 0 Å².